The van der Waals surface area contributed by atoms with E-state index in [1.807, 2.05) is 30.3 Å². The van der Waals surface area contributed by atoms with Crippen LogP contribution in [0.5, 0.6) is 0 Å². The maximum atomic E-state index is 14.1. The lowest BCUT2D eigenvalue weighted by molar-refractivity contribution is -0.0899. The van der Waals surface area contributed by atoms with E-state index in [4.69, 9.17) is 10.00 Å². The summed E-state index contributed by atoms with van der Waals surface area (Å²) in [6.07, 6.45) is 4.04. The Bertz CT molecular complexity index is 930. The van der Waals surface area contributed by atoms with Crippen LogP contribution < -0.4 is 0 Å². The number of aliphatic hydroxyl groups is 1. The maximum Gasteiger partial charge on any atom is 0.410 e. The first-order valence-corrected chi connectivity index (χ1v) is 9.78. The Morgan fingerprint density at radius 2 is 2.00 bits per heavy atom. The zero-order valence-electron chi connectivity index (χ0n) is 15.9. The molecule has 1 aromatic carbocycles. The summed E-state index contributed by atoms with van der Waals surface area (Å²) in [6, 6.07) is 12.0. The van der Waals surface area contributed by atoms with Gasteiger partial charge in [-0.25, -0.2) is 14.2 Å². The number of amides is 1. The van der Waals surface area contributed by atoms with Gasteiger partial charge in [0.05, 0.1) is 5.60 Å². The van der Waals surface area contributed by atoms with Crippen molar-refractivity contribution in [3.63, 3.8) is 0 Å². The summed E-state index contributed by atoms with van der Waals surface area (Å²) in [5, 5.41) is 20.1. The first-order valence-electron chi connectivity index (χ1n) is 9.78. The van der Waals surface area contributed by atoms with E-state index >= 15 is 0 Å². The number of hydrogen-bond acceptors (Lipinski definition) is 5. The van der Waals surface area contributed by atoms with Crippen molar-refractivity contribution in [1.82, 2.24) is 9.88 Å². The maximum absolute atomic E-state index is 14.1. The van der Waals surface area contributed by atoms with E-state index in [1.54, 1.807) is 11.0 Å². The average Bonchev–Trinajstić information content (AvgIpc) is 2.72. The number of ether oxygens (including phenoxy) is 1. The van der Waals surface area contributed by atoms with Gasteiger partial charge in [-0.15, -0.1) is 0 Å². The molecule has 0 radical (unpaired) electrons. The molecule has 2 saturated heterocycles. The summed E-state index contributed by atoms with van der Waals surface area (Å²) in [4.78, 5) is 18.4. The van der Waals surface area contributed by atoms with Crippen molar-refractivity contribution in [2.45, 2.75) is 56.4 Å². The van der Waals surface area contributed by atoms with Crippen LogP contribution in [-0.4, -0.2) is 33.2 Å². The minimum absolute atomic E-state index is 0.186. The second-order valence-electron chi connectivity index (χ2n) is 7.79. The zero-order valence-corrected chi connectivity index (χ0v) is 15.9. The van der Waals surface area contributed by atoms with Crippen molar-refractivity contribution in [2.24, 2.45) is 0 Å². The monoisotopic (exact) mass is 395 g/mol. The largest absolute Gasteiger partial charge is 0.445 e. The van der Waals surface area contributed by atoms with Crippen LogP contribution in [0, 0.1) is 17.1 Å². The van der Waals surface area contributed by atoms with Gasteiger partial charge in [-0.3, -0.25) is 0 Å². The number of carbonyl (C=O) groups is 1. The van der Waals surface area contributed by atoms with Crippen LogP contribution in [-0.2, 0) is 16.9 Å². The van der Waals surface area contributed by atoms with E-state index in [-0.39, 0.29) is 43.3 Å². The molecule has 2 aliphatic heterocycles. The van der Waals surface area contributed by atoms with Crippen molar-refractivity contribution in [3.05, 3.63) is 65.2 Å². The van der Waals surface area contributed by atoms with Gasteiger partial charge in [0.1, 0.15) is 12.7 Å². The highest BCUT2D eigenvalue weighted by Gasteiger charge is 2.49. The van der Waals surface area contributed by atoms with Gasteiger partial charge in [-0.1, -0.05) is 30.3 Å². The SMILES string of the molecule is N#Cc1ncc(C2(O)CC3CCCC(C2)N3C(=O)OCc2ccccc2)cc1F. The van der Waals surface area contributed by atoms with Crippen molar-refractivity contribution in [1.29, 1.82) is 5.26 Å². The number of pyridine rings is 1. The van der Waals surface area contributed by atoms with Crippen LogP contribution in [0.25, 0.3) is 0 Å². The molecule has 2 fully saturated rings. The number of nitriles is 1. The first-order chi connectivity index (χ1) is 14.0. The molecule has 2 aliphatic rings. The number of fused-ring (bicyclic) bond motifs is 2. The minimum Gasteiger partial charge on any atom is -0.445 e. The van der Waals surface area contributed by atoms with Gasteiger partial charge in [-0.2, -0.15) is 5.26 Å². The molecule has 1 aromatic heterocycles. The fourth-order valence-corrected chi connectivity index (χ4v) is 4.53. The van der Waals surface area contributed by atoms with Gasteiger partial charge in [0.2, 0.25) is 0 Å². The Morgan fingerprint density at radius 3 is 2.62 bits per heavy atom. The summed E-state index contributed by atoms with van der Waals surface area (Å²) in [5.41, 5.74) is -0.310. The van der Waals surface area contributed by atoms with Gasteiger partial charge in [0.15, 0.2) is 11.5 Å². The number of nitrogens with zero attached hydrogens (tertiary/aromatic N) is 3. The normalized spacial score (nSPS) is 25.9. The summed E-state index contributed by atoms with van der Waals surface area (Å²) < 4.78 is 19.6. The standard InChI is InChI=1S/C22H22FN3O3/c23-19-9-16(13-25-20(19)12-24)22(28)10-17-7-4-8-18(11-22)26(17)21(27)29-14-15-5-2-1-3-6-15/h1-3,5-6,9,13,17-18,28H,4,7-8,10-11,14H2. The fraction of sp³-hybridized carbons (Fsp3) is 0.409. The molecule has 1 amide bonds. The quantitative estimate of drug-likeness (QED) is 0.858. The van der Waals surface area contributed by atoms with Crippen molar-refractivity contribution in [3.8, 4) is 6.07 Å². The third kappa shape index (κ3) is 3.81. The molecule has 0 spiro atoms. The Hall–Kier alpha value is -2.98. The van der Waals surface area contributed by atoms with E-state index < -0.39 is 11.4 Å². The minimum atomic E-state index is -1.28. The number of hydrogen-bond donors (Lipinski definition) is 1. The highest BCUT2D eigenvalue weighted by Crippen LogP contribution is 2.44. The van der Waals surface area contributed by atoms with Gasteiger partial charge in [-0.05, 0) is 30.9 Å². The van der Waals surface area contributed by atoms with Crippen LogP contribution in [0.3, 0.4) is 0 Å². The van der Waals surface area contributed by atoms with E-state index in [0.717, 1.165) is 24.8 Å². The highest BCUT2D eigenvalue weighted by molar-refractivity contribution is 5.69. The van der Waals surface area contributed by atoms with Crippen LogP contribution in [0.2, 0.25) is 0 Å². The molecule has 0 aliphatic carbocycles. The van der Waals surface area contributed by atoms with Crippen molar-refractivity contribution in [2.75, 3.05) is 0 Å². The molecular weight excluding hydrogens is 373 g/mol. The Balaban J connectivity index is 1.50. The van der Waals surface area contributed by atoms with Gasteiger partial charge < -0.3 is 14.7 Å². The molecule has 2 bridgehead atoms. The fourth-order valence-electron chi connectivity index (χ4n) is 4.53. The lowest BCUT2D eigenvalue weighted by atomic mass is 9.73. The van der Waals surface area contributed by atoms with E-state index in [9.17, 15) is 14.3 Å². The molecule has 2 aromatic rings. The molecule has 3 heterocycles. The Morgan fingerprint density at radius 1 is 1.31 bits per heavy atom. The molecular formula is C22H22FN3O3. The van der Waals surface area contributed by atoms with Gasteiger partial charge in [0, 0.05) is 36.7 Å². The van der Waals surface area contributed by atoms with Crippen molar-refractivity contribution < 1.29 is 19.0 Å². The number of aromatic nitrogens is 1. The highest BCUT2D eigenvalue weighted by atomic mass is 19.1. The number of piperidine rings is 2. The molecule has 0 saturated carbocycles. The molecule has 150 valence electrons. The average molecular weight is 395 g/mol. The molecule has 1 N–H and O–H groups in total. The van der Waals surface area contributed by atoms with Gasteiger partial charge in [0.25, 0.3) is 0 Å². The second kappa shape index (κ2) is 7.80. The number of rotatable bonds is 3. The van der Waals surface area contributed by atoms with Crippen LogP contribution >= 0.6 is 0 Å². The summed E-state index contributed by atoms with van der Waals surface area (Å²) in [5.74, 6) is -0.742. The lowest BCUT2D eigenvalue weighted by Crippen LogP contribution is -2.59. The van der Waals surface area contributed by atoms with Crippen LogP contribution in [0.15, 0.2) is 42.6 Å². The summed E-state index contributed by atoms with van der Waals surface area (Å²) in [6.45, 7) is 0.199. The van der Waals surface area contributed by atoms with Crippen LogP contribution in [0.4, 0.5) is 9.18 Å². The van der Waals surface area contributed by atoms with Gasteiger partial charge >= 0.3 is 6.09 Å². The number of benzene rings is 1. The smallest absolute Gasteiger partial charge is 0.410 e. The Kier molecular flexibility index (Phi) is 5.20. The third-order valence-electron chi connectivity index (χ3n) is 5.91. The van der Waals surface area contributed by atoms with E-state index in [0.29, 0.717) is 5.56 Å². The van der Waals surface area contributed by atoms with Crippen LogP contribution in [0.1, 0.15) is 48.9 Å². The molecule has 29 heavy (non-hydrogen) atoms. The lowest BCUT2D eigenvalue weighted by Gasteiger charge is -2.51. The summed E-state index contributed by atoms with van der Waals surface area (Å²) >= 11 is 0. The molecule has 6 nitrogen and oxygen atoms in total. The third-order valence-corrected chi connectivity index (χ3v) is 5.91. The van der Waals surface area contributed by atoms with E-state index in [2.05, 4.69) is 4.98 Å². The predicted molar refractivity (Wildman–Crippen MR) is 102 cm³/mol. The number of carbonyl (C=O) groups excluding carboxylic acids is 1. The van der Waals surface area contributed by atoms with Crippen molar-refractivity contribution >= 4 is 6.09 Å². The molecule has 7 heteroatoms. The molecule has 2 atom stereocenters. The predicted octanol–water partition coefficient (Wildman–Crippen LogP) is 3.63. The summed E-state index contributed by atoms with van der Waals surface area (Å²) in [7, 11) is 0. The first kappa shape index (κ1) is 19.3. The molecule has 2 unspecified atom stereocenters. The topological polar surface area (TPSA) is 86.5 Å². The second-order valence-corrected chi connectivity index (χ2v) is 7.79. The number of halogens is 1. The van der Waals surface area contributed by atoms with E-state index in [1.165, 1.54) is 12.3 Å². The molecule has 4 rings (SSSR count). The zero-order chi connectivity index (χ0) is 20.4. The Labute approximate surface area is 168 Å².